The molecule has 132 valence electrons. The molecule has 1 heterocycles. The van der Waals surface area contributed by atoms with Crippen LogP contribution in [0.2, 0.25) is 0 Å². The number of pyridine rings is 1. The second kappa shape index (κ2) is 6.06. The summed E-state index contributed by atoms with van der Waals surface area (Å²) in [5.74, 6) is 0.647. The largest absolute Gasteiger partial charge is 0.256 e. The van der Waals surface area contributed by atoms with Crippen LogP contribution in [0.3, 0.4) is 0 Å². The summed E-state index contributed by atoms with van der Waals surface area (Å²) in [5.41, 5.74) is 10.2. The predicted octanol–water partition coefficient (Wildman–Crippen LogP) is 7.06. The monoisotopic (exact) mass is 349 g/mol. The third kappa shape index (κ3) is 2.57. The number of rotatable bonds is 2. The summed E-state index contributed by atoms with van der Waals surface area (Å²) in [6.07, 6.45) is 3.04. The summed E-state index contributed by atoms with van der Waals surface area (Å²) in [7, 11) is 0. The Morgan fingerprint density at radius 2 is 1.56 bits per heavy atom. The lowest BCUT2D eigenvalue weighted by atomic mass is 9.90. The lowest BCUT2D eigenvalue weighted by Gasteiger charge is -2.14. The van der Waals surface area contributed by atoms with Gasteiger partial charge >= 0.3 is 0 Å². The molecule has 0 saturated carbocycles. The van der Waals surface area contributed by atoms with Gasteiger partial charge in [0.05, 0.1) is 5.69 Å². The van der Waals surface area contributed by atoms with Crippen LogP contribution in [0.4, 0.5) is 0 Å². The molecule has 4 aromatic rings. The molecule has 0 radical (unpaired) electrons. The van der Waals surface area contributed by atoms with E-state index < -0.39 is 0 Å². The van der Waals surface area contributed by atoms with Crippen molar-refractivity contribution in [2.45, 2.75) is 27.2 Å². The topological polar surface area (TPSA) is 12.9 Å². The first-order valence-corrected chi connectivity index (χ1v) is 9.74. The molecule has 3 aromatic carbocycles. The van der Waals surface area contributed by atoms with Gasteiger partial charge in [-0.15, -0.1) is 0 Å². The molecule has 0 aliphatic heterocycles. The van der Waals surface area contributed by atoms with E-state index in [4.69, 9.17) is 4.98 Å². The maximum absolute atomic E-state index is 4.82. The lowest BCUT2D eigenvalue weighted by molar-refractivity contribution is 0.647. The van der Waals surface area contributed by atoms with E-state index in [0.717, 1.165) is 12.1 Å². The van der Waals surface area contributed by atoms with Crippen LogP contribution >= 0.6 is 0 Å². The van der Waals surface area contributed by atoms with Gasteiger partial charge in [-0.2, -0.15) is 0 Å². The SMILES string of the molecule is Cc1cc2c3c(nccc3c1)-c1ccccc1-c1cc(CC(C)C)ccc1-2. The Balaban J connectivity index is 1.93. The van der Waals surface area contributed by atoms with Crippen molar-refractivity contribution in [3.05, 3.63) is 78.0 Å². The molecule has 0 unspecified atom stereocenters. The molecule has 0 atom stereocenters. The first-order valence-electron chi connectivity index (χ1n) is 9.74. The van der Waals surface area contributed by atoms with Crippen molar-refractivity contribution in [2.24, 2.45) is 5.92 Å². The Kier molecular flexibility index (Phi) is 3.65. The highest BCUT2D eigenvalue weighted by atomic mass is 14.7. The average molecular weight is 349 g/mol. The Morgan fingerprint density at radius 3 is 2.37 bits per heavy atom. The Labute approximate surface area is 160 Å². The summed E-state index contributed by atoms with van der Waals surface area (Å²) in [5, 5.41) is 2.54. The van der Waals surface area contributed by atoms with Crippen molar-refractivity contribution in [2.75, 3.05) is 0 Å². The predicted molar refractivity (Wildman–Crippen MR) is 115 cm³/mol. The minimum Gasteiger partial charge on any atom is -0.256 e. The van der Waals surface area contributed by atoms with E-state index in [1.165, 1.54) is 49.7 Å². The van der Waals surface area contributed by atoms with Crippen molar-refractivity contribution < 1.29 is 0 Å². The number of nitrogens with zero attached hydrogens (tertiary/aromatic N) is 1. The molecular formula is C26H23N. The van der Waals surface area contributed by atoms with Gasteiger partial charge in [0.1, 0.15) is 0 Å². The zero-order valence-corrected chi connectivity index (χ0v) is 16.1. The van der Waals surface area contributed by atoms with E-state index >= 15 is 0 Å². The van der Waals surface area contributed by atoms with Gasteiger partial charge in [0.25, 0.3) is 0 Å². The lowest BCUT2D eigenvalue weighted by Crippen LogP contribution is -1.95. The normalized spacial score (nSPS) is 12.0. The first-order chi connectivity index (χ1) is 13.1. The third-order valence-corrected chi connectivity index (χ3v) is 5.50. The van der Waals surface area contributed by atoms with Crippen LogP contribution in [0, 0.1) is 12.8 Å². The van der Waals surface area contributed by atoms with Crippen LogP contribution < -0.4 is 0 Å². The maximum atomic E-state index is 4.82. The number of aryl methyl sites for hydroxylation is 1. The highest BCUT2D eigenvalue weighted by molar-refractivity contribution is 6.12. The van der Waals surface area contributed by atoms with Crippen LogP contribution in [0.1, 0.15) is 25.0 Å². The Morgan fingerprint density at radius 1 is 0.778 bits per heavy atom. The van der Waals surface area contributed by atoms with E-state index in [2.05, 4.69) is 81.4 Å². The van der Waals surface area contributed by atoms with Gasteiger partial charge in [0.2, 0.25) is 0 Å². The molecule has 0 saturated heterocycles. The van der Waals surface area contributed by atoms with Crippen LogP contribution in [-0.2, 0) is 6.42 Å². The summed E-state index contributed by atoms with van der Waals surface area (Å²) in [4.78, 5) is 4.82. The number of fused-ring (bicyclic) bond motifs is 5. The molecule has 0 N–H and O–H groups in total. The smallest absolute Gasteiger partial charge is 0.0792 e. The minimum absolute atomic E-state index is 0.647. The third-order valence-electron chi connectivity index (χ3n) is 5.50. The van der Waals surface area contributed by atoms with Gasteiger partial charge in [-0.1, -0.05) is 68.4 Å². The van der Waals surface area contributed by atoms with Crippen molar-refractivity contribution in [1.82, 2.24) is 4.98 Å². The number of benzene rings is 3. The standard InChI is InChI=1S/C26H23N/c1-16(2)12-18-8-9-21-23(15-18)20-6-4-5-7-22(20)26-25-19(10-11-27-26)13-17(3)14-24(21)25/h4-11,13-16H,12H2,1-3H3. The molecule has 0 fully saturated rings. The highest BCUT2D eigenvalue weighted by Gasteiger charge is 2.22. The fourth-order valence-electron chi connectivity index (χ4n) is 4.46. The van der Waals surface area contributed by atoms with Crippen molar-refractivity contribution in [3.8, 4) is 33.5 Å². The minimum atomic E-state index is 0.647. The summed E-state index contributed by atoms with van der Waals surface area (Å²) in [6.45, 7) is 6.74. The number of hydrogen-bond donors (Lipinski definition) is 0. The molecule has 5 rings (SSSR count). The molecule has 0 amide bonds. The van der Waals surface area contributed by atoms with E-state index in [1.807, 2.05) is 6.20 Å². The van der Waals surface area contributed by atoms with Gasteiger partial charge in [-0.25, -0.2) is 0 Å². The van der Waals surface area contributed by atoms with Crippen molar-refractivity contribution in [3.63, 3.8) is 0 Å². The van der Waals surface area contributed by atoms with Gasteiger partial charge in [-0.3, -0.25) is 4.98 Å². The van der Waals surface area contributed by atoms with Crippen LogP contribution in [0.15, 0.2) is 66.9 Å². The zero-order chi connectivity index (χ0) is 18.5. The molecule has 1 aliphatic rings. The molecule has 1 heteroatoms. The second-order valence-electron chi connectivity index (χ2n) is 8.09. The first kappa shape index (κ1) is 16.3. The van der Waals surface area contributed by atoms with E-state index in [-0.39, 0.29) is 0 Å². The van der Waals surface area contributed by atoms with E-state index in [9.17, 15) is 0 Å². The van der Waals surface area contributed by atoms with Gasteiger partial charge < -0.3 is 0 Å². The Bertz CT molecular complexity index is 1180. The number of aromatic nitrogens is 1. The van der Waals surface area contributed by atoms with Gasteiger partial charge in [0, 0.05) is 17.1 Å². The highest BCUT2D eigenvalue weighted by Crippen LogP contribution is 2.47. The summed E-state index contributed by atoms with van der Waals surface area (Å²) in [6, 6.07) is 22.5. The number of hydrogen-bond acceptors (Lipinski definition) is 1. The zero-order valence-electron chi connectivity index (χ0n) is 16.1. The second-order valence-corrected chi connectivity index (χ2v) is 8.09. The molecule has 0 bridgehead atoms. The fraction of sp³-hybridized carbons (Fsp3) is 0.192. The van der Waals surface area contributed by atoms with E-state index in [0.29, 0.717) is 5.92 Å². The molecule has 0 spiro atoms. The van der Waals surface area contributed by atoms with Crippen LogP contribution in [0.5, 0.6) is 0 Å². The molecule has 1 aromatic heterocycles. The molecule has 1 nitrogen and oxygen atoms in total. The summed E-state index contributed by atoms with van der Waals surface area (Å²) >= 11 is 0. The molecular weight excluding hydrogens is 326 g/mol. The van der Waals surface area contributed by atoms with Gasteiger partial charge in [-0.05, 0) is 64.1 Å². The average Bonchev–Trinajstić information content (AvgIpc) is 2.76. The quantitative estimate of drug-likeness (QED) is 0.332. The molecule has 27 heavy (non-hydrogen) atoms. The molecule has 1 aliphatic carbocycles. The summed E-state index contributed by atoms with van der Waals surface area (Å²) < 4.78 is 0. The van der Waals surface area contributed by atoms with Crippen molar-refractivity contribution in [1.29, 1.82) is 0 Å². The Hall–Kier alpha value is -2.93. The van der Waals surface area contributed by atoms with Crippen LogP contribution in [0.25, 0.3) is 44.3 Å². The maximum Gasteiger partial charge on any atom is 0.0792 e. The van der Waals surface area contributed by atoms with E-state index in [1.54, 1.807) is 0 Å². The van der Waals surface area contributed by atoms with Gasteiger partial charge in [0.15, 0.2) is 0 Å². The van der Waals surface area contributed by atoms with Crippen LogP contribution in [-0.4, -0.2) is 4.98 Å². The van der Waals surface area contributed by atoms with Crippen molar-refractivity contribution >= 4 is 10.8 Å². The fourth-order valence-corrected chi connectivity index (χ4v) is 4.46.